The van der Waals surface area contributed by atoms with Gasteiger partial charge in [-0.2, -0.15) is 0 Å². The van der Waals surface area contributed by atoms with Crippen LogP contribution in [0.2, 0.25) is 0 Å². The molecule has 3 nitrogen and oxygen atoms in total. The molecule has 3 aromatic rings. The monoisotopic (exact) mass is 271 g/mol. The Morgan fingerprint density at radius 1 is 1.25 bits per heavy atom. The van der Waals surface area contributed by atoms with Gasteiger partial charge in [0.25, 0.3) is 0 Å². The standard InChI is InChI=1S/C16H14FNO2/c1-19-9-18-15-3-2-12(17)6-14(15)13-4-10-7-20-8-11(10)5-16(13)18/h2-3,6-8H,4-5,9H2,1H3. The molecular formula is C16H14FNO2. The molecule has 0 bridgehead atoms. The molecule has 2 heterocycles. The van der Waals surface area contributed by atoms with Crippen LogP contribution in [-0.4, -0.2) is 11.7 Å². The zero-order valence-electron chi connectivity index (χ0n) is 11.1. The average Bonchev–Trinajstić information content (AvgIpc) is 3.01. The Kier molecular flexibility index (Phi) is 2.47. The van der Waals surface area contributed by atoms with Gasteiger partial charge in [0.05, 0.1) is 18.0 Å². The fourth-order valence-corrected chi connectivity index (χ4v) is 3.16. The van der Waals surface area contributed by atoms with Crippen LogP contribution in [0.15, 0.2) is 35.1 Å². The zero-order chi connectivity index (χ0) is 13.7. The number of hydrogen-bond acceptors (Lipinski definition) is 2. The summed E-state index contributed by atoms with van der Waals surface area (Å²) in [6.45, 7) is 0.477. The second-order valence-corrected chi connectivity index (χ2v) is 5.21. The maximum atomic E-state index is 13.6. The molecule has 0 saturated carbocycles. The minimum absolute atomic E-state index is 0.201. The molecule has 0 saturated heterocycles. The van der Waals surface area contributed by atoms with E-state index in [1.807, 2.05) is 6.07 Å². The van der Waals surface area contributed by atoms with E-state index in [9.17, 15) is 4.39 Å². The van der Waals surface area contributed by atoms with Crippen molar-refractivity contribution in [2.45, 2.75) is 19.6 Å². The number of halogens is 1. The largest absolute Gasteiger partial charge is 0.472 e. The molecule has 20 heavy (non-hydrogen) atoms. The third kappa shape index (κ3) is 1.55. The van der Waals surface area contributed by atoms with E-state index in [0.29, 0.717) is 6.73 Å². The first-order valence-corrected chi connectivity index (χ1v) is 6.60. The molecule has 0 unspecified atom stereocenters. The summed E-state index contributed by atoms with van der Waals surface area (Å²) in [4.78, 5) is 0. The molecule has 0 atom stereocenters. The van der Waals surface area contributed by atoms with Gasteiger partial charge in [-0.15, -0.1) is 0 Å². The molecule has 2 aromatic heterocycles. The normalized spacial score (nSPS) is 13.5. The van der Waals surface area contributed by atoms with Crippen LogP contribution in [0.1, 0.15) is 22.4 Å². The van der Waals surface area contributed by atoms with Crippen LogP contribution in [0.3, 0.4) is 0 Å². The van der Waals surface area contributed by atoms with E-state index in [1.165, 1.54) is 28.5 Å². The molecule has 0 amide bonds. The van der Waals surface area contributed by atoms with Crippen LogP contribution in [0.5, 0.6) is 0 Å². The lowest BCUT2D eigenvalue weighted by Crippen LogP contribution is -2.10. The van der Waals surface area contributed by atoms with Gasteiger partial charge < -0.3 is 13.7 Å². The second-order valence-electron chi connectivity index (χ2n) is 5.21. The number of hydrogen-bond donors (Lipinski definition) is 0. The first kappa shape index (κ1) is 11.7. The molecular weight excluding hydrogens is 257 g/mol. The molecule has 0 aliphatic heterocycles. The van der Waals surface area contributed by atoms with E-state index < -0.39 is 0 Å². The number of aromatic nitrogens is 1. The molecule has 0 N–H and O–H groups in total. The van der Waals surface area contributed by atoms with E-state index in [-0.39, 0.29) is 5.82 Å². The molecule has 4 heteroatoms. The van der Waals surface area contributed by atoms with Crippen molar-refractivity contribution in [3.63, 3.8) is 0 Å². The van der Waals surface area contributed by atoms with Crippen LogP contribution in [0, 0.1) is 5.82 Å². The minimum atomic E-state index is -0.201. The number of methoxy groups -OCH3 is 1. The van der Waals surface area contributed by atoms with Crippen LogP contribution in [0.4, 0.5) is 4.39 Å². The molecule has 1 aromatic carbocycles. The van der Waals surface area contributed by atoms with E-state index >= 15 is 0 Å². The van der Waals surface area contributed by atoms with Crippen LogP contribution in [-0.2, 0) is 24.3 Å². The van der Waals surface area contributed by atoms with Crippen molar-refractivity contribution < 1.29 is 13.5 Å². The summed E-state index contributed by atoms with van der Waals surface area (Å²) in [5, 5.41) is 0.976. The maximum Gasteiger partial charge on any atom is 0.123 e. The zero-order valence-corrected chi connectivity index (χ0v) is 11.1. The lowest BCUT2D eigenvalue weighted by Gasteiger charge is -2.15. The molecule has 1 aliphatic rings. The van der Waals surface area contributed by atoms with Crippen molar-refractivity contribution >= 4 is 10.9 Å². The summed E-state index contributed by atoms with van der Waals surface area (Å²) in [7, 11) is 1.67. The SMILES string of the molecule is COCn1c2c(c3cc(F)ccc31)Cc1cocc1C2. The number of furan rings is 1. The first-order valence-electron chi connectivity index (χ1n) is 6.60. The fraction of sp³-hybridized carbons (Fsp3) is 0.250. The Bertz CT molecular complexity index is 800. The lowest BCUT2D eigenvalue weighted by molar-refractivity contribution is 0.132. The summed E-state index contributed by atoms with van der Waals surface area (Å²) in [5.41, 5.74) is 5.81. The van der Waals surface area contributed by atoms with Gasteiger partial charge >= 0.3 is 0 Å². The van der Waals surface area contributed by atoms with Crippen molar-refractivity contribution in [1.29, 1.82) is 0 Å². The van der Waals surface area contributed by atoms with Gasteiger partial charge in [-0.1, -0.05) is 0 Å². The summed E-state index contributed by atoms with van der Waals surface area (Å²) in [6, 6.07) is 4.95. The predicted octanol–water partition coefficient (Wildman–Crippen LogP) is 3.47. The molecule has 1 aliphatic carbocycles. The summed E-state index contributed by atoms with van der Waals surface area (Å²) < 4.78 is 26.3. The van der Waals surface area contributed by atoms with Gasteiger partial charge in [0.2, 0.25) is 0 Å². The van der Waals surface area contributed by atoms with Crippen molar-refractivity contribution in [2.24, 2.45) is 0 Å². The summed E-state index contributed by atoms with van der Waals surface area (Å²) in [5.74, 6) is -0.201. The average molecular weight is 271 g/mol. The minimum Gasteiger partial charge on any atom is -0.472 e. The quantitative estimate of drug-likeness (QED) is 0.558. The van der Waals surface area contributed by atoms with Gasteiger partial charge in [-0.3, -0.25) is 0 Å². The maximum absolute atomic E-state index is 13.6. The Morgan fingerprint density at radius 2 is 2.05 bits per heavy atom. The van der Waals surface area contributed by atoms with Crippen molar-refractivity contribution in [3.8, 4) is 0 Å². The fourth-order valence-electron chi connectivity index (χ4n) is 3.16. The Labute approximate surface area is 115 Å². The molecule has 0 radical (unpaired) electrons. The molecule has 0 spiro atoms. The number of rotatable bonds is 2. The van der Waals surface area contributed by atoms with E-state index in [4.69, 9.17) is 9.15 Å². The van der Waals surface area contributed by atoms with Crippen molar-refractivity contribution in [2.75, 3.05) is 7.11 Å². The lowest BCUT2D eigenvalue weighted by atomic mass is 9.92. The number of fused-ring (bicyclic) bond motifs is 4. The third-order valence-corrected chi connectivity index (χ3v) is 4.07. The Balaban J connectivity index is 2.00. The van der Waals surface area contributed by atoms with Crippen molar-refractivity contribution in [3.05, 3.63) is 58.9 Å². The van der Waals surface area contributed by atoms with Crippen LogP contribution in [0.25, 0.3) is 10.9 Å². The topological polar surface area (TPSA) is 27.3 Å². The molecule has 4 rings (SSSR count). The van der Waals surface area contributed by atoms with Gasteiger partial charge in [0, 0.05) is 31.0 Å². The first-order chi connectivity index (χ1) is 9.78. The number of nitrogens with zero attached hydrogens (tertiary/aromatic N) is 1. The van der Waals surface area contributed by atoms with Gasteiger partial charge in [-0.25, -0.2) is 4.39 Å². The second kappa shape index (κ2) is 4.21. The highest BCUT2D eigenvalue weighted by molar-refractivity contribution is 5.86. The van der Waals surface area contributed by atoms with E-state index in [0.717, 1.165) is 23.7 Å². The van der Waals surface area contributed by atoms with Gasteiger partial charge in [-0.05, 0) is 34.9 Å². The van der Waals surface area contributed by atoms with E-state index in [2.05, 4.69) is 4.57 Å². The highest BCUT2D eigenvalue weighted by Gasteiger charge is 2.24. The van der Waals surface area contributed by atoms with E-state index in [1.54, 1.807) is 25.7 Å². The Hall–Kier alpha value is -2.07. The summed E-state index contributed by atoms with van der Waals surface area (Å²) >= 11 is 0. The van der Waals surface area contributed by atoms with Gasteiger partial charge in [0.15, 0.2) is 0 Å². The molecule has 102 valence electrons. The highest BCUT2D eigenvalue weighted by Crippen LogP contribution is 2.35. The Morgan fingerprint density at radius 3 is 2.85 bits per heavy atom. The van der Waals surface area contributed by atoms with Crippen LogP contribution >= 0.6 is 0 Å². The number of ether oxygens (including phenoxy) is 1. The highest BCUT2D eigenvalue weighted by atomic mass is 19.1. The van der Waals surface area contributed by atoms with Crippen LogP contribution < -0.4 is 0 Å². The third-order valence-electron chi connectivity index (χ3n) is 4.07. The number of benzene rings is 1. The smallest absolute Gasteiger partial charge is 0.123 e. The summed E-state index contributed by atoms with van der Waals surface area (Å²) in [6.07, 6.45) is 5.18. The molecule has 0 fully saturated rings. The van der Waals surface area contributed by atoms with Crippen molar-refractivity contribution in [1.82, 2.24) is 4.57 Å². The van der Waals surface area contributed by atoms with Gasteiger partial charge in [0.1, 0.15) is 12.5 Å². The predicted molar refractivity (Wildman–Crippen MR) is 73.2 cm³/mol.